The third-order valence-electron chi connectivity index (χ3n) is 4.19. The average molecular weight is 268 g/mol. The van der Waals surface area contributed by atoms with Gasteiger partial charge in [-0.1, -0.05) is 43.9 Å². The molecule has 1 aromatic carbocycles. The first kappa shape index (κ1) is 13.7. The molecule has 100 valence electrons. The molecule has 2 unspecified atom stereocenters. The van der Waals surface area contributed by atoms with Gasteiger partial charge < -0.3 is 10.5 Å². The second-order valence-corrected chi connectivity index (χ2v) is 5.78. The minimum Gasteiger partial charge on any atom is -0.495 e. The second-order valence-electron chi connectivity index (χ2n) is 5.38. The van der Waals surface area contributed by atoms with Crippen LogP contribution in [0, 0.1) is 5.92 Å². The first-order chi connectivity index (χ1) is 8.59. The molecule has 0 aromatic heterocycles. The van der Waals surface area contributed by atoms with E-state index in [1.54, 1.807) is 7.11 Å². The van der Waals surface area contributed by atoms with E-state index in [-0.39, 0.29) is 5.54 Å². The average Bonchev–Trinajstić information content (AvgIpc) is 2.39. The molecule has 2 atom stereocenters. The molecule has 0 heterocycles. The number of ether oxygens (including phenoxy) is 1. The molecule has 1 fully saturated rings. The van der Waals surface area contributed by atoms with Crippen LogP contribution in [0.2, 0.25) is 5.02 Å². The molecule has 2 N–H and O–H groups in total. The summed E-state index contributed by atoms with van der Waals surface area (Å²) in [5.41, 5.74) is 7.56. The topological polar surface area (TPSA) is 35.2 Å². The van der Waals surface area contributed by atoms with Crippen LogP contribution in [-0.4, -0.2) is 7.11 Å². The molecule has 1 aromatic rings. The fourth-order valence-electron chi connectivity index (χ4n) is 3.01. The van der Waals surface area contributed by atoms with Gasteiger partial charge in [-0.15, -0.1) is 0 Å². The van der Waals surface area contributed by atoms with E-state index in [1.165, 1.54) is 19.3 Å². The fourth-order valence-corrected chi connectivity index (χ4v) is 3.20. The zero-order valence-electron chi connectivity index (χ0n) is 11.2. The summed E-state index contributed by atoms with van der Waals surface area (Å²) in [6.07, 6.45) is 5.84. The van der Waals surface area contributed by atoms with Gasteiger partial charge in [0.1, 0.15) is 5.75 Å². The van der Waals surface area contributed by atoms with Gasteiger partial charge >= 0.3 is 0 Å². The zero-order valence-corrected chi connectivity index (χ0v) is 12.0. The lowest BCUT2D eigenvalue weighted by Gasteiger charge is -2.38. The number of benzene rings is 1. The Morgan fingerprint density at radius 3 is 2.94 bits per heavy atom. The first-order valence-corrected chi connectivity index (χ1v) is 7.09. The van der Waals surface area contributed by atoms with E-state index < -0.39 is 0 Å². The number of halogens is 1. The minimum atomic E-state index is -0.212. The Balaban J connectivity index is 2.28. The lowest BCUT2D eigenvalue weighted by atomic mass is 9.72. The third-order valence-corrected chi connectivity index (χ3v) is 4.50. The maximum atomic E-state index is 6.62. The fraction of sp³-hybridized carbons (Fsp3) is 0.600. The summed E-state index contributed by atoms with van der Waals surface area (Å²) < 4.78 is 5.29. The summed E-state index contributed by atoms with van der Waals surface area (Å²) in [6.45, 7) is 2.25. The van der Waals surface area contributed by atoms with Crippen LogP contribution in [0.25, 0.3) is 0 Å². The van der Waals surface area contributed by atoms with Crippen LogP contribution in [0.3, 0.4) is 0 Å². The van der Waals surface area contributed by atoms with E-state index in [2.05, 4.69) is 6.92 Å². The third kappa shape index (κ3) is 2.65. The number of hydrogen-bond acceptors (Lipinski definition) is 2. The van der Waals surface area contributed by atoms with Crippen LogP contribution < -0.4 is 10.5 Å². The number of nitrogens with two attached hydrogens (primary N) is 1. The highest BCUT2D eigenvalue weighted by Crippen LogP contribution is 2.41. The van der Waals surface area contributed by atoms with Crippen LogP contribution >= 0.6 is 11.6 Å². The van der Waals surface area contributed by atoms with Crippen molar-refractivity contribution in [2.45, 2.75) is 44.6 Å². The Labute approximate surface area is 114 Å². The van der Waals surface area contributed by atoms with Crippen molar-refractivity contribution in [1.82, 2.24) is 0 Å². The molecule has 0 spiro atoms. The Morgan fingerprint density at radius 1 is 1.50 bits per heavy atom. The standard InChI is InChI=1S/C15H22ClNO/c1-3-11-5-4-8-15(17,10-11)12-6-7-13(16)14(9-12)18-2/h6-7,9,11H,3-5,8,10,17H2,1-2H3. The summed E-state index contributed by atoms with van der Waals surface area (Å²) in [5, 5.41) is 0.646. The van der Waals surface area contributed by atoms with Gasteiger partial charge in [-0.3, -0.25) is 0 Å². The van der Waals surface area contributed by atoms with E-state index in [9.17, 15) is 0 Å². The first-order valence-electron chi connectivity index (χ1n) is 6.72. The Morgan fingerprint density at radius 2 is 2.28 bits per heavy atom. The van der Waals surface area contributed by atoms with Crippen LogP contribution in [0.4, 0.5) is 0 Å². The molecule has 1 saturated carbocycles. The monoisotopic (exact) mass is 267 g/mol. The van der Waals surface area contributed by atoms with Crippen molar-refractivity contribution >= 4 is 11.6 Å². The van der Waals surface area contributed by atoms with Crippen molar-refractivity contribution < 1.29 is 4.74 Å². The Bertz CT molecular complexity index is 421. The summed E-state index contributed by atoms with van der Waals surface area (Å²) in [4.78, 5) is 0. The van der Waals surface area contributed by atoms with Crippen molar-refractivity contribution in [1.29, 1.82) is 0 Å². The molecule has 3 heteroatoms. The van der Waals surface area contributed by atoms with E-state index in [4.69, 9.17) is 22.1 Å². The van der Waals surface area contributed by atoms with Crippen molar-refractivity contribution in [3.05, 3.63) is 28.8 Å². The van der Waals surface area contributed by atoms with Gasteiger partial charge in [0.25, 0.3) is 0 Å². The lowest BCUT2D eigenvalue weighted by molar-refractivity contribution is 0.221. The van der Waals surface area contributed by atoms with E-state index >= 15 is 0 Å². The Hall–Kier alpha value is -0.730. The quantitative estimate of drug-likeness (QED) is 0.895. The number of methoxy groups -OCH3 is 1. The van der Waals surface area contributed by atoms with Gasteiger partial charge in [-0.2, -0.15) is 0 Å². The van der Waals surface area contributed by atoms with Crippen LogP contribution in [0.5, 0.6) is 5.75 Å². The molecular formula is C15H22ClNO. The summed E-state index contributed by atoms with van der Waals surface area (Å²) >= 11 is 6.07. The maximum Gasteiger partial charge on any atom is 0.137 e. The molecule has 18 heavy (non-hydrogen) atoms. The van der Waals surface area contributed by atoms with Gasteiger partial charge in [0, 0.05) is 5.54 Å². The van der Waals surface area contributed by atoms with E-state index in [1.807, 2.05) is 18.2 Å². The predicted molar refractivity (Wildman–Crippen MR) is 76.1 cm³/mol. The van der Waals surface area contributed by atoms with Crippen molar-refractivity contribution in [2.75, 3.05) is 7.11 Å². The highest BCUT2D eigenvalue weighted by Gasteiger charge is 2.34. The summed E-state index contributed by atoms with van der Waals surface area (Å²) in [7, 11) is 1.64. The molecule has 0 radical (unpaired) electrons. The molecule has 2 rings (SSSR count). The molecule has 2 nitrogen and oxygen atoms in total. The molecule has 0 amide bonds. The normalized spacial score (nSPS) is 28.1. The largest absolute Gasteiger partial charge is 0.495 e. The van der Waals surface area contributed by atoms with Crippen molar-refractivity contribution in [3.63, 3.8) is 0 Å². The SMILES string of the molecule is CCC1CCCC(N)(c2ccc(Cl)c(OC)c2)C1. The van der Waals surface area contributed by atoms with Crippen LogP contribution in [0.15, 0.2) is 18.2 Å². The summed E-state index contributed by atoms with van der Waals surface area (Å²) in [5.74, 6) is 1.46. The number of rotatable bonds is 3. The highest BCUT2D eigenvalue weighted by molar-refractivity contribution is 6.32. The van der Waals surface area contributed by atoms with Crippen LogP contribution in [-0.2, 0) is 5.54 Å². The van der Waals surface area contributed by atoms with Gasteiger partial charge in [0.2, 0.25) is 0 Å². The van der Waals surface area contributed by atoms with Gasteiger partial charge in [0.15, 0.2) is 0 Å². The molecule has 1 aliphatic carbocycles. The molecule has 0 aliphatic heterocycles. The zero-order chi connectivity index (χ0) is 13.2. The molecule has 1 aliphatic rings. The lowest BCUT2D eigenvalue weighted by Crippen LogP contribution is -2.41. The minimum absolute atomic E-state index is 0.212. The number of hydrogen-bond donors (Lipinski definition) is 1. The maximum absolute atomic E-state index is 6.62. The smallest absolute Gasteiger partial charge is 0.137 e. The van der Waals surface area contributed by atoms with Gasteiger partial charge in [-0.05, 0) is 36.5 Å². The van der Waals surface area contributed by atoms with Gasteiger partial charge in [0.05, 0.1) is 12.1 Å². The molecular weight excluding hydrogens is 246 g/mol. The van der Waals surface area contributed by atoms with E-state index in [0.717, 1.165) is 30.1 Å². The Kier molecular flexibility index (Phi) is 4.18. The van der Waals surface area contributed by atoms with Gasteiger partial charge in [-0.25, -0.2) is 0 Å². The second kappa shape index (κ2) is 5.50. The van der Waals surface area contributed by atoms with Crippen LogP contribution in [0.1, 0.15) is 44.6 Å². The highest BCUT2D eigenvalue weighted by atomic mass is 35.5. The van der Waals surface area contributed by atoms with E-state index in [0.29, 0.717) is 5.02 Å². The molecule has 0 bridgehead atoms. The predicted octanol–water partition coefficient (Wildman–Crippen LogP) is 4.10. The van der Waals surface area contributed by atoms with Crippen molar-refractivity contribution in [2.24, 2.45) is 11.7 Å². The summed E-state index contributed by atoms with van der Waals surface area (Å²) in [6, 6.07) is 5.93. The van der Waals surface area contributed by atoms with Crippen molar-refractivity contribution in [3.8, 4) is 5.75 Å². The molecule has 0 saturated heterocycles.